The predicted molar refractivity (Wildman–Crippen MR) is 124 cm³/mol. The topological polar surface area (TPSA) is 113 Å². The van der Waals surface area contributed by atoms with Gasteiger partial charge in [0, 0.05) is 12.1 Å². The summed E-state index contributed by atoms with van der Waals surface area (Å²) >= 11 is 0. The molecular weight excluding hydrogens is 406 g/mol. The van der Waals surface area contributed by atoms with E-state index in [9.17, 15) is 14.7 Å². The first-order valence-corrected chi connectivity index (χ1v) is 11.3. The number of hydrogen-bond acceptors (Lipinski definition) is 4. The molecule has 2 aromatic heterocycles. The van der Waals surface area contributed by atoms with Gasteiger partial charge in [-0.25, -0.2) is 19.6 Å². The van der Waals surface area contributed by atoms with E-state index in [1.165, 1.54) is 19.3 Å². The van der Waals surface area contributed by atoms with Crippen molar-refractivity contribution in [2.75, 3.05) is 0 Å². The molecule has 1 atom stereocenters. The molecule has 1 fully saturated rings. The van der Waals surface area contributed by atoms with Crippen molar-refractivity contribution in [3.05, 3.63) is 46.5 Å². The number of amides is 1. The van der Waals surface area contributed by atoms with Gasteiger partial charge in [0.2, 0.25) is 0 Å². The molecule has 3 N–H and O–H groups in total. The maximum Gasteiger partial charge on any atom is 0.405 e. The Bertz CT molecular complexity index is 1150. The number of imidazole rings is 1. The van der Waals surface area contributed by atoms with Gasteiger partial charge in [0.05, 0.1) is 17.9 Å². The summed E-state index contributed by atoms with van der Waals surface area (Å²) in [6.45, 7) is 6.67. The van der Waals surface area contributed by atoms with Crippen molar-refractivity contribution in [3.63, 3.8) is 0 Å². The molecule has 1 saturated carbocycles. The number of hydrogen-bond donors (Lipinski definition) is 3. The summed E-state index contributed by atoms with van der Waals surface area (Å²) in [7, 11) is 0. The third kappa shape index (κ3) is 4.69. The number of aromatic nitrogens is 4. The summed E-state index contributed by atoms with van der Waals surface area (Å²) < 4.78 is 1.72. The molecule has 0 radical (unpaired) electrons. The number of fused-ring (bicyclic) bond motifs is 1. The van der Waals surface area contributed by atoms with Crippen LogP contribution < -0.4 is 11.0 Å². The van der Waals surface area contributed by atoms with Crippen molar-refractivity contribution in [2.24, 2.45) is 11.3 Å². The second-order valence-electron chi connectivity index (χ2n) is 9.84. The molecule has 0 spiro atoms. The molecular formula is C24H31N5O3. The number of carboxylic acid groups (broad SMARTS) is 1. The zero-order valence-electron chi connectivity index (χ0n) is 18.9. The van der Waals surface area contributed by atoms with E-state index >= 15 is 0 Å². The van der Waals surface area contributed by atoms with Gasteiger partial charge >= 0.3 is 11.8 Å². The lowest BCUT2D eigenvalue weighted by Crippen LogP contribution is -2.35. The van der Waals surface area contributed by atoms with Crippen molar-refractivity contribution in [3.8, 4) is 11.3 Å². The summed E-state index contributed by atoms with van der Waals surface area (Å²) in [5.41, 5.74) is 3.08. The third-order valence-corrected chi connectivity index (χ3v) is 6.32. The molecule has 0 saturated heterocycles. The van der Waals surface area contributed by atoms with Crippen molar-refractivity contribution < 1.29 is 9.90 Å². The Morgan fingerprint density at radius 1 is 1.22 bits per heavy atom. The molecule has 1 aliphatic rings. The highest BCUT2D eigenvalue weighted by atomic mass is 16.4. The number of H-pyrrole nitrogens is 1. The van der Waals surface area contributed by atoms with Gasteiger partial charge in [0.15, 0.2) is 11.3 Å². The number of rotatable bonds is 5. The lowest BCUT2D eigenvalue weighted by atomic mass is 9.82. The fourth-order valence-corrected chi connectivity index (χ4v) is 4.63. The van der Waals surface area contributed by atoms with Crippen molar-refractivity contribution in [2.45, 2.75) is 65.5 Å². The third-order valence-electron chi connectivity index (χ3n) is 6.32. The Kier molecular flexibility index (Phi) is 6.04. The fraction of sp³-hybridized carbons (Fsp3) is 0.500. The molecule has 1 aromatic carbocycles. The molecule has 4 rings (SSSR count). The molecule has 1 amide bonds. The van der Waals surface area contributed by atoms with Gasteiger partial charge in [-0.15, -0.1) is 0 Å². The Labute approximate surface area is 187 Å². The second kappa shape index (κ2) is 8.76. The first-order valence-electron chi connectivity index (χ1n) is 11.3. The minimum absolute atomic E-state index is 0.161. The predicted octanol–water partition coefficient (Wildman–Crippen LogP) is 4.72. The van der Waals surface area contributed by atoms with Gasteiger partial charge in [0.1, 0.15) is 0 Å². The molecule has 32 heavy (non-hydrogen) atoms. The molecule has 1 unspecified atom stereocenters. The normalized spacial score (nSPS) is 16.2. The highest BCUT2D eigenvalue weighted by Gasteiger charge is 2.28. The van der Waals surface area contributed by atoms with Gasteiger partial charge in [-0.3, -0.25) is 9.55 Å². The molecule has 170 valence electrons. The lowest BCUT2D eigenvalue weighted by molar-refractivity contribution is 0.175. The zero-order valence-corrected chi connectivity index (χ0v) is 18.9. The number of nitrogens with one attached hydrogen (secondary N) is 2. The standard InChI is InChI=1S/C24H31N5O3/c1-24(2,3)19(27-23(31)32)17-11-9-16(10-12-17)18-13-25-20-21(26-18)29(22(30)28-20)14-15-7-5-4-6-8-15/h9-13,15,19,27H,4-8,14H2,1-3H3,(H,31,32)(H,25,28,30). The minimum Gasteiger partial charge on any atom is -0.465 e. The van der Waals surface area contributed by atoms with Gasteiger partial charge in [-0.1, -0.05) is 64.3 Å². The van der Waals surface area contributed by atoms with Gasteiger partial charge in [0.25, 0.3) is 0 Å². The summed E-state index contributed by atoms with van der Waals surface area (Å²) in [5.74, 6) is 0.501. The highest BCUT2D eigenvalue weighted by molar-refractivity contribution is 5.71. The van der Waals surface area contributed by atoms with Crippen LogP contribution in [0.15, 0.2) is 35.3 Å². The second-order valence-corrected chi connectivity index (χ2v) is 9.84. The SMILES string of the molecule is CC(C)(C)C(NC(=O)O)c1ccc(-c2cnc3[nH]c(=O)n(CC4CCCCC4)c3n2)cc1. The fourth-order valence-electron chi connectivity index (χ4n) is 4.63. The molecule has 0 aliphatic heterocycles. The van der Waals surface area contributed by atoms with E-state index in [2.05, 4.69) is 15.3 Å². The van der Waals surface area contributed by atoms with Crippen LogP contribution in [0.4, 0.5) is 4.79 Å². The lowest BCUT2D eigenvalue weighted by Gasteiger charge is -2.31. The van der Waals surface area contributed by atoms with E-state index < -0.39 is 6.09 Å². The zero-order chi connectivity index (χ0) is 22.9. The largest absolute Gasteiger partial charge is 0.465 e. The van der Waals surface area contributed by atoms with Crippen LogP contribution in [-0.4, -0.2) is 30.7 Å². The van der Waals surface area contributed by atoms with Crippen LogP contribution in [0.3, 0.4) is 0 Å². The number of benzene rings is 1. The highest BCUT2D eigenvalue weighted by Crippen LogP contribution is 2.33. The van der Waals surface area contributed by atoms with Gasteiger partial charge < -0.3 is 10.4 Å². The minimum atomic E-state index is -1.05. The average molecular weight is 438 g/mol. The van der Waals surface area contributed by atoms with Crippen LogP contribution in [0, 0.1) is 11.3 Å². The van der Waals surface area contributed by atoms with E-state index in [-0.39, 0.29) is 17.1 Å². The van der Waals surface area contributed by atoms with Crippen LogP contribution in [0.25, 0.3) is 22.6 Å². The van der Waals surface area contributed by atoms with Gasteiger partial charge in [-0.2, -0.15) is 0 Å². The molecule has 8 heteroatoms. The van der Waals surface area contributed by atoms with Crippen molar-refractivity contribution in [1.29, 1.82) is 0 Å². The number of nitrogens with zero attached hydrogens (tertiary/aromatic N) is 3. The van der Waals surface area contributed by atoms with Crippen LogP contribution in [0.2, 0.25) is 0 Å². The molecule has 8 nitrogen and oxygen atoms in total. The maximum absolute atomic E-state index is 12.5. The Morgan fingerprint density at radius 2 is 1.91 bits per heavy atom. The summed E-state index contributed by atoms with van der Waals surface area (Å²) in [5, 5.41) is 11.8. The van der Waals surface area contributed by atoms with E-state index in [0.29, 0.717) is 29.5 Å². The monoisotopic (exact) mass is 437 g/mol. The van der Waals surface area contributed by atoms with E-state index in [0.717, 1.165) is 24.0 Å². The average Bonchev–Trinajstić information content (AvgIpc) is 3.06. The number of aromatic amines is 1. The van der Waals surface area contributed by atoms with Crippen molar-refractivity contribution in [1.82, 2.24) is 24.8 Å². The Morgan fingerprint density at radius 3 is 2.53 bits per heavy atom. The molecule has 0 bridgehead atoms. The smallest absolute Gasteiger partial charge is 0.405 e. The van der Waals surface area contributed by atoms with Gasteiger partial charge in [-0.05, 0) is 29.7 Å². The first kappa shape index (κ1) is 22.0. The van der Waals surface area contributed by atoms with E-state index in [4.69, 9.17) is 4.98 Å². The van der Waals surface area contributed by atoms with Crippen molar-refractivity contribution >= 4 is 17.4 Å². The Balaban J connectivity index is 1.64. The quantitative estimate of drug-likeness (QED) is 0.534. The first-order chi connectivity index (χ1) is 15.2. The summed E-state index contributed by atoms with van der Waals surface area (Å²) in [6, 6.07) is 7.33. The van der Waals surface area contributed by atoms with E-state index in [1.54, 1.807) is 10.8 Å². The molecule has 3 aromatic rings. The van der Waals surface area contributed by atoms with E-state index in [1.807, 2.05) is 45.0 Å². The van der Waals surface area contributed by atoms with Crippen LogP contribution in [0.5, 0.6) is 0 Å². The van der Waals surface area contributed by atoms with Crippen LogP contribution in [-0.2, 0) is 6.54 Å². The summed E-state index contributed by atoms with van der Waals surface area (Å²) in [6.07, 6.45) is 6.62. The maximum atomic E-state index is 12.5. The molecule has 1 aliphatic carbocycles. The Hall–Kier alpha value is -3.16. The molecule has 2 heterocycles. The summed E-state index contributed by atoms with van der Waals surface area (Å²) in [4.78, 5) is 35.8. The van der Waals surface area contributed by atoms with Crippen LogP contribution in [0.1, 0.15) is 64.5 Å². The number of carbonyl (C=O) groups is 1. The van der Waals surface area contributed by atoms with Crippen LogP contribution >= 0.6 is 0 Å².